The largest absolute Gasteiger partial charge is 0.294 e. The van der Waals surface area contributed by atoms with Crippen LogP contribution < -0.4 is 0 Å². The van der Waals surface area contributed by atoms with Crippen LogP contribution in [0.15, 0.2) is 48.7 Å². The van der Waals surface area contributed by atoms with Crippen molar-refractivity contribution in [1.82, 2.24) is 4.98 Å². The summed E-state index contributed by atoms with van der Waals surface area (Å²) < 4.78 is 0. The van der Waals surface area contributed by atoms with E-state index in [1.165, 1.54) is 0 Å². The van der Waals surface area contributed by atoms with Gasteiger partial charge in [0.15, 0.2) is 5.78 Å². The second-order valence-corrected chi connectivity index (χ2v) is 3.87. The zero-order valence-electron chi connectivity index (χ0n) is 8.56. The summed E-state index contributed by atoms with van der Waals surface area (Å²) in [6, 6.07) is 12.5. The molecule has 1 heterocycles. The predicted octanol–water partition coefficient (Wildman–Crippen LogP) is 3.16. The Labute approximate surface area is 98.9 Å². The van der Waals surface area contributed by atoms with Gasteiger partial charge in [0.05, 0.1) is 6.42 Å². The minimum atomic E-state index is 0.0289. The molecule has 0 aliphatic carbocycles. The van der Waals surface area contributed by atoms with Gasteiger partial charge in [0.1, 0.15) is 0 Å². The first-order valence-electron chi connectivity index (χ1n) is 4.94. The molecule has 0 fully saturated rings. The van der Waals surface area contributed by atoms with E-state index in [1.807, 2.05) is 18.2 Å². The number of carbonyl (C=O) groups excluding carboxylic acids is 1. The number of pyridine rings is 1. The predicted molar refractivity (Wildman–Crippen MR) is 63.7 cm³/mol. The molecule has 0 aliphatic heterocycles. The molecule has 0 N–H and O–H groups in total. The van der Waals surface area contributed by atoms with E-state index in [4.69, 9.17) is 11.6 Å². The normalized spacial score (nSPS) is 10.1. The van der Waals surface area contributed by atoms with Gasteiger partial charge in [-0.25, -0.2) is 0 Å². The van der Waals surface area contributed by atoms with Crippen LogP contribution in [0.25, 0.3) is 0 Å². The quantitative estimate of drug-likeness (QED) is 0.760. The maximum atomic E-state index is 11.9. The van der Waals surface area contributed by atoms with Crippen LogP contribution in [0.1, 0.15) is 16.1 Å². The minimum Gasteiger partial charge on any atom is -0.294 e. The summed E-state index contributed by atoms with van der Waals surface area (Å²) in [6.45, 7) is 0. The monoisotopic (exact) mass is 231 g/mol. The summed E-state index contributed by atoms with van der Waals surface area (Å²) in [7, 11) is 0. The number of ketones is 1. The number of hydrogen-bond donors (Lipinski definition) is 0. The molecule has 0 radical (unpaired) electrons. The second-order valence-electron chi connectivity index (χ2n) is 3.43. The molecule has 0 amide bonds. The molecule has 2 aromatic rings. The van der Waals surface area contributed by atoms with Crippen molar-refractivity contribution in [2.45, 2.75) is 6.42 Å². The number of Topliss-reactive ketones (excluding diaryl/α,β-unsaturated/α-hetero) is 1. The van der Waals surface area contributed by atoms with Gasteiger partial charge in [-0.15, -0.1) is 0 Å². The molecule has 0 saturated carbocycles. The third kappa shape index (κ3) is 2.67. The summed E-state index contributed by atoms with van der Waals surface area (Å²) in [5.41, 5.74) is 1.39. The van der Waals surface area contributed by atoms with Crippen molar-refractivity contribution in [2.75, 3.05) is 0 Å². The number of hydrogen-bond acceptors (Lipinski definition) is 2. The van der Waals surface area contributed by atoms with Crippen molar-refractivity contribution < 1.29 is 4.79 Å². The summed E-state index contributed by atoms with van der Waals surface area (Å²) in [5.74, 6) is 0.0289. The molecule has 0 unspecified atom stereocenters. The van der Waals surface area contributed by atoms with E-state index in [0.29, 0.717) is 17.0 Å². The fourth-order valence-corrected chi connectivity index (χ4v) is 1.62. The summed E-state index contributed by atoms with van der Waals surface area (Å²) in [4.78, 5) is 16.0. The van der Waals surface area contributed by atoms with Gasteiger partial charge in [-0.05, 0) is 24.3 Å². The maximum Gasteiger partial charge on any atom is 0.168 e. The first-order valence-corrected chi connectivity index (χ1v) is 5.32. The Hall–Kier alpha value is -1.67. The maximum absolute atomic E-state index is 11.9. The third-order valence-corrected chi connectivity index (χ3v) is 2.45. The first kappa shape index (κ1) is 10.8. The van der Waals surface area contributed by atoms with Gasteiger partial charge in [-0.1, -0.05) is 29.8 Å². The lowest BCUT2D eigenvalue weighted by Gasteiger charge is -2.01. The van der Waals surface area contributed by atoms with Crippen LogP contribution in [0.4, 0.5) is 0 Å². The lowest BCUT2D eigenvalue weighted by Crippen LogP contribution is -2.04. The Balaban J connectivity index is 2.15. The molecule has 2 nitrogen and oxygen atoms in total. The van der Waals surface area contributed by atoms with Crippen LogP contribution in [-0.4, -0.2) is 10.8 Å². The lowest BCUT2D eigenvalue weighted by molar-refractivity contribution is 0.0992. The second kappa shape index (κ2) is 4.90. The molecule has 80 valence electrons. The van der Waals surface area contributed by atoms with E-state index in [9.17, 15) is 4.79 Å². The smallest absolute Gasteiger partial charge is 0.168 e. The average Bonchev–Trinajstić information content (AvgIpc) is 2.30. The van der Waals surface area contributed by atoms with Gasteiger partial charge in [0.25, 0.3) is 0 Å². The molecule has 16 heavy (non-hydrogen) atoms. The number of benzene rings is 1. The highest BCUT2D eigenvalue weighted by molar-refractivity contribution is 6.31. The Morgan fingerprint density at radius 2 is 2.06 bits per heavy atom. The van der Waals surface area contributed by atoms with Crippen LogP contribution in [0.2, 0.25) is 5.02 Å². The molecule has 1 aromatic heterocycles. The van der Waals surface area contributed by atoms with Crippen molar-refractivity contribution in [3.63, 3.8) is 0 Å². The number of halogens is 1. The standard InChI is InChI=1S/C13H10ClNO/c14-11-5-3-4-10(8-11)13(16)9-12-6-1-2-7-15-12/h1-8H,9H2. The first-order chi connectivity index (χ1) is 7.75. The van der Waals surface area contributed by atoms with Crippen LogP contribution >= 0.6 is 11.6 Å². The Bertz CT molecular complexity index is 496. The van der Waals surface area contributed by atoms with Crippen LogP contribution in [0, 0.1) is 0 Å². The Morgan fingerprint density at radius 1 is 1.19 bits per heavy atom. The lowest BCUT2D eigenvalue weighted by atomic mass is 10.1. The third-order valence-electron chi connectivity index (χ3n) is 2.21. The summed E-state index contributed by atoms with van der Waals surface area (Å²) in [6.07, 6.45) is 1.99. The molecule has 3 heteroatoms. The van der Waals surface area contributed by atoms with Gasteiger partial charge in [-0.2, -0.15) is 0 Å². The van der Waals surface area contributed by atoms with E-state index < -0.39 is 0 Å². The van der Waals surface area contributed by atoms with Gasteiger partial charge < -0.3 is 0 Å². The number of nitrogens with zero attached hydrogens (tertiary/aromatic N) is 1. The van der Waals surface area contributed by atoms with Crippen LogP contribution in [0.5, 0.6) is 0 Å². The molecule has 0 bridgehead atoms. The van der Waals surface area contributed by atoms with E-state index in [0.717, 1.165) is 5.69 Å². The Morgan fingerprint density at radius 3 is 2.75 bits per heavy atom. The van der Waals surface area contributed by atoms with Gasteiger partial charge in [-0.3, -0.25) is 9.78 Å². The van der Waals surface area contributed by atoms with Crippen molar-refractivity contribution in [3.05, 3.63) is 64.9 Å². The number of aromatic nitrogens is 1. The summed E-state index contributed by atoms with van der Waals surface area (Å²) in [5, 5.41) is 0.576. The zero-order valence-corrected chi connectivity index (χ0v) is 9.32. The highest BCUT2D eigenvalue weighted by Gasteiger charge is 2.07. The fraction of sp³-hybridized carbons (Fsp3) is 0.0769. The topological polar surface area (TPSA) is 30.0 Å². The SMILES string of the molecule is O=C(Cc1ccccn1)c1cccc(Cl)c1. The van der Waals surface area contributed by atoms with Crippen LogP contribution in [-0.2, 0) is 6.42 Å². The fourth-order valence-electron chi connectivity index (χ4n) is 1.43. The molecule has 0 aliphatic rings. The highest BCUT2D eigenvalue weighted by atomic mass is 35.5. The van der Waals surface area contributed by atoms with Crippen molar-refractivity contribution >= 4 is 17.4 Å². The zero-order chi connectivity index (χ0) is 11.4. The minimum absolute atomic E-state index is 0.0289. The van der Waals surface area contributed by atoms with Crippen molar-refractivity contribution in [3.8, 4) is 0 Å². The molecule has 0 saturated heterocycles. The van der Waals surface area contributed by atoms with E-state index in [-0.39, 0.29) is 5.78 Å². The van der Waals surface area contributed by atoms with Gasteiger partial charge in [0.2, 0.25) is 0 Å². The van der Waals surface area contributed by atoms with Crippen molar-refractivity contribution in [1.29, 1.82) is 0 Å². The van der Waals surface area contributed by atoms with Crippen molar-refractivity contribution in [2.24, 2.45) is 0 Å². The Kier molecular flexibility index (Phi) is 3.32. The molecule has 0 spiro atoms. The highest BCUT2D eigenvalue weighted by Crippen LogP contribution is 2.12. The molecular weight excluding hydrogens is 222 g/mol. The number of carbonyl (C=O) groups is 1. The molecule has 2 rings (SSSR count). The van der Waals surface area contributed by atoms with Gasteiger partial charge >= 0.3 is 0 Å². The van der Waals surface area contributed by atoms with Crippen LogP contribution in [0.3, 0.4) is 0 Å². The molecule has 0 atom stereocenters. The van der Waals surface area contributed by atoms with Gasteiger partial charge in [0, 0.05) is 22.5 Å². The molecular formula is C13H10ClNO. The van der Waals surface area contributed by atoms with E-state index in [2.05, 4.69) is 4.98 Å². The van der Waals surface area contributed by atoms with E-state index >= 15 is 0 Å². The average molecular weight is 232 g/mol. The summed E-state index contributed by atoms with van der Waals surface area (Å²) >= 11 is 5.82. The molecule has 1 aromatic carbocycles. The van der Waals surface area contributed by atoms with E-state index in [1.54, 1.807) is 30.5 Å². The number of rotatable bonds is 3.